The van der Waals surface area contributed by atoms with Gasteiger partial charge in [0.05, 0.1) is 18.6 Å². The Morgan fingerprint density at radius 3 is 2.41 bits per heavy atom. The molecule has 0 bridgehead atoms. The fourth-order valence-corrected chi connectivity index (χ4v) is 1.97. The van der Waals surface area contributed by atoms with E-state index >= 15 is 0 Å². The Kier molecular flexibility index (Phi) is 2.46. The second-order valence-corrected chi connectivity index (χ2v) is 4.57. The molecule has 0 aliphatic carbocycles. The van der Waals surface area contributed by atoms with Gasteiger partial charge in [-0.3, -0.25) is 0 Å². The molecule has 0 aromatic carbocycles. The first kappa shape index (κ1) is 10.8. The molecule has 3 heterocycles. The van der Waals surface area contributed by atoms with Crippen molar-refractivity contribution in [3.8, 4) is 11.5 Å². The second kappa shape index (κ2) is 3.86. The number of hydrogen-bond donors (Lipinski definition) is 2. The smallest absolute Gasteiger partial charge is 0.210 e. The molecule has 92 valence electrons. The average molecular weight is 259 g/mol. The van der Waals surface area contributed by atoms with Crippen LogP contribution in [0.25, 0.3) is 0 Å². The van der Waals surface area contributed by atoms with Gasteiger partial charge in [-0.25, -0.2) is 5.84 Å². The van der Waals surface area contributed by atoms with Crippen molar-refractivity contribution in [2.24, 2.45) is 11.3 Å². The van der Waals surface area contributed by atoms with Gasteiger partial charge in [-0.1, -0.05) is 11.6 Å². The third-order valence-corrected chi connectivity index (χ3v) is 3.09. The molecule has 1 aromatic heterocycles. The predicted octanol–water partition coefficient (Wildman–Crippen LogP) is 0.203. The molecule has 1 fully saturated rings. The molecule has 3 N–H and O–H groups in total. The molecule has 7 nitrogen and oxygen atoms in total. The Morgan fingerprint density at radius 1 is 1.12 bits per heavy atom. The summed E-state index contributed by atoms with van der Waals surface area (Å²) in [5.74, 6) is 6.41. The lowest BCUT2D eigenvalue weighted by Gasteiger charge is -2.38. The molecule has 3 rings (SSSR count). The number of nitrogens with zero attached hydrogens (tertiary/aromatic N) is 2. The van der Waals surface area contributed by atoms with E-state index in [1.807, 2.05) is 0 Å². The quantitative estimate of drug-likeness (QED) is 0.549. The number of rotatable bonds is 1. The molecule has 2 aliphatic rings. The molecule has 0 radical (unpaired) electrons. The summed E-state index contributed by atoms with van der Waals surface area (Å²) in [6.07, 6.45) is 0. The number of halogens is 1. The van der Waals surface area contributed by atoms with Crippen LogP contribution in [0.1, 0.15) is 0 Å². The zero-order valence-electron chi connectivity index (χ0n) is 8.90. The van der Waals surface area contributed by atoms with Crippen molar-refractivity contribution in [2.75, 3.05) is 31.9 Å². The van der Waals surface area contributed by atoms with E-state index in [0.717, 1.165) is 0 Å². The predicted molar refractivity (Wildman–Crippen MR) is 59.1 cm³/mol. The van der Waals surface area contributed by atoms with E-state index in [1.165, 1.54) is 0 Å². The molecule has 1 saturated heterocycles. The number of hydrogen-bond acceptors (Lipinski definition) is 7. The van der Waals surface area contributed by atoms with Crippen molar-refractivity contribution in [3.05, 3.63) is 5.15 Å². The first-order chi connectivity index (χ1) is 8.24. The third-order valence-electron chi connectivity index (χ3n) is 2.85. The minimum absolute atomic E-state index is 0.103. The van der Waals surface area contributed by atoms with E-state index in [2.05, 4.69) is 15.6 Å². The van der Waals surface area contributed by atoms with Crippen LogP contribution in [-0.4, -0.2) is 36.6 Å². The fourth-order valence-electron chi connectivity index (χ4n) is 1.79. The van der Waals surface area contributed by atoms with Gasteiger partial charge in [-0.15, -0.1) is 10.2 Å². The van der Waals surface area contributed by atoms with Crippen molar-refractivity contribution in [1.29, 1.82) is 0 Å². The topological polar surface area (TPSA) is 91.5 Å². The number of nitrogens with one attached hydrogen (secondary N) is 1. The zero-order chi connectivity index (χ0) is 11.9. The highest BCUT2D eigenvalue weighted by atomic mass is 35.5. The number of hydrazine groups is 1. The molecule has 0 saturated carbocycles. The SMILES string of the molecule is NNc1nnc(Cl)c2c1OCC1(COC1)CO2. The normalized spacial score (nSPS) is 20.6. The van der Waals surface area contributed by atoms with Crippen molar-refractivity contribution >= 4 is 17.4 Å². The van der Waals surface area contributed by atoms with Gasteiger partial charge in [0.15, 0.2) is 5.15 Å². The molecule has 2 aliphatic heterocycles. The molecule has 0 amide bonds. The second-order valence-electron chi connectivity index (χ2n) is 4.21. The van der Waals surface area contributed by atoms with Crippen molar-refractivity contribution in [1.82, 2.24) is 10.2 Å². The first-order valence-corrected chi connectivity index (χ1v) is 5.48. The highest BCUT2D eigenvalue weighted by Gasteiger charge is 2.43. The van der Waals surface area contributed by atoms with E-state index in [4.69, 9.17) is 31.7 Å². The Hall–Kier alpha value is -1.31. The molecule has 8 heteroatoms. The van der Waals surface area contributed by atoms with Gasteiger partial charge in [-0.2, -0.15) is 0 Å². The highest BCUT2D eigenvalue weighted by Crippen LogP contribution is 2.43. The van der Waals surface area contributed by atoms with Gasteiger partial charge in [0, 0.05) is 0 Å². The van der Waals surface area contributed by atoms with Gasteiger partial charge in [0.25, 0.3) is 0 Å². The Bertz CT molecular complexity index is 452. The van der Waals surface area contributed by atoms with Crippen LogP contribution in [0.3, 0.4) is 0 Å². The number of fused-ring (bicyclic) bond motifs is 1. The Labute approximate surface area is 102 Å². The van der Waals surface area contributed by atoms with E-state index < -0.39 is 0 Å². The summed E-state index contributed by atoms with van der Waals surface area (Å²) >= 11 is 5.92. The van der Waals surface area contributed by atoms with Crippen molar-refractivity contribution in [2.45, 2.75) is 0 Å². The number of anilines is 1. The molecular weight excluding hydrogens is 248 g/mol. The van der Waals surface area contributed by atoms with E-state index in [-0.39, 0.29) is 10.6 Å². The molecular formula is C9H11ClN4O3. The van der Waals surface area contributed by atoms with Crippen molar-refractivity contribution < 1.29 is 14.2 Å². The van der Waals surface area contributed by atoms with Crippen molar-refractivity contribution in [3.63, 3.8) is 0 Å². The summed E-state index contributed by atoms with van der Waals surface area (Å²) in [6.45, 7) is 2.20. The van der Waals surface area contributed by atoms with E-state index in [9.17, 15) is 0 Å². The monoisotopic (exact) mass is 258 g/mol. The first-order valence-electron chi connectivity index (χ1n) is 5.10. The van der Waals surface area contributed by atoms with E-state index in [1.54, 1.807) is 0 Å². The summed E-state index contributed by atoms with van der Waals surface area (Å²) < 4.78 is 16.5. The number of aromatic nitrogens is 2. The molecule has 1 spiro atoms. The Balaban J connectivity index is 1.96. The summed E-state index contributed by atoms with van der Waals surface area (Å²) in [4.78, 5) is 0. The largest absolute Gasteiger partial charge is 0.486 e. The molecule has 1 aromatic rings. The molecule has 0 atom stereocenters. The molecule has 0 unspecified atom stereocenters. The molecule has 17 heavy (non-hydrogen) atoms. The lowest BCUT2D eigenvalue weighted by Crippen LogP contribution is -2.50. The van der Waals surface area contributed by atoms with Crippen LogP contribution in [0.2, 0.25) is 5.15 Å². The van der Waals surface area contributed by atoms with Crippen LogP contribution in [0.4, 0.5) is 5.82 Å². The minimum atomic E-state index is -0.103. The minimum Gasteiger partial charge on any atom is -0.486 e. The summed E-state index contributed by atoms with van der Waals surface area (Å²) in [5, 5.41) is 7.69. The van der Waals surface area contributed by atoms with Gasteiger partial charge in [0.2, 0.25) is 17.3 Å². The standard InChI is InChI=1S/C9H11ClN4O3/c10-7-5-6(8(12-11)14-13-7)17-4-9(3-16-5)1-15-2-9/h1-4,11H2,(H,12,14). The zero-order valence-corrected chi connectivity index (χ0v) is 9.66. The number of nitrogen functional groups attached to an aromatic ring is 1. The Morgan fingerprint density at radius 2 is 1.82 bits per heavy atom. The van der Waals surface area contributed by atoms with Gasteiger partial charge in [-0.05, 0) is 0 Å². The van der Waals surface area contributed by atoms with Gasteiger partial charge in [0.1, 0.15) is 13.2 Å². The van der Waals surface area contributed by atoms with Gasteiger partial charge < -0.3 is 19.6 Å². The maximum absolute atomic E-state index is 5.92. The fraction of sp³-hybridized carbons (Fsp3) is 0.556. The highest BCUT2D eigenvalue weighted by molar-refractivity contribution is 6.31. The maximum Gasteiger partial charge on any atom is 0.210 e. The average Bonchev–Trinajstić information content (AvgIpc) is 2.50. The summed E-state index contributed by atoms with van der Waals surface area (Å²) in [7, 11) is 0. The van der Waals surface area contributed by atoms with Crippen LogP contribution < -0.4 is 20.7 Å². The van der Waals surface area contributed by atoms with Crippen LogP contribution in [0.5, 0.6) is 11.5 Å². The third kappa shape index (κ3) is 1.67. The maximum atomic E-state index is 5.92. The van der Waals surface area contributed by atoms with Crippen LogP contribution in [0.15, 0.2) is 0 Å². The number of ether oxygens (including phenoxy) is 3. The van der Waals surface area contributed by atoms with Crippen LogP contribution in [-0.2, 0) is 4.74 Å². The van der Waals surface area contributed by atoms with Crippen LogP contribution >= 0.6 is 11.6 Å². The van der Waals surface area contributed by atoms with E-state index in [0.29, 0.717) is 43.7 Å². The summed E-state index contributed by atoms with van der Waals surface area (Å²) in [6, 6.07) is 0. The lowest BCUT2D eigenvalue weighted by atomic mass is 9.88. The lowest BCUT2D eigenvalue weighted by molar-refractivity contribution is -0.143. The number of nitrogens with two attached hydrogens (primary N) is 1. The van der Waals surface area contributed by atoms with Crippen LogP contribution in [0, 0.1) is 5.41 Å². The van der Waals surface area contributed by atoms with Gasteiger partial charge >= 0.3 is 0 Å². The summed E-state index contributed by atoms with van der Waals surface area (Å²) in [5.41, 5.74) is 2.30.